The van der Waals surface area contributed by atoms with Crippen LogP contribution in [0.5, 0.6) is 5.75 Å². The van der Waals surface area contributed by atoms with Crippen LogP contribution in [0.3, 0.4) is 0 Å². The zero-order valence-corrected chi connectivity index (χ0v) is 23.5. The molecule has 0 radical (unpaired) electrons. The molecule has 1 aliphatic heterocycles. The van der Waals surface area contributed by atoms with E-state index in [2.05, 4.69) is 15.0 Å². The van der Waals surface area contributed by atoms with Gasteiger partial charge in [0.05, 0.1) is 12.3 Å². The quantitative estimate of drug-likeness (QED) is 0.315. The summed E-state index contributed by atoms with van der Waals surface area (Å²) in [5.41, 5.74) is 3.10. The summed E-state index contributed by atoms with van der Waals surface area (Å²) in [4.78, 5) is 34.2. The van der Waals surface area contributed by atoms with Gasteiger partial charge in [-0.2, -0.15) is 0 Å². The summed E-state index contributed by atoms with van der Waals surface area (Å²) in [6.45, 7) is 8.49. The first-order chi connectivity index (χ1) is 19.5. The number of piperazine rings is 1. The molecule has 1 unspecified atom stereocenters. The van der Waals surface area contributed by atoms with E-state index in [4.69, 9.17) is 19.6 Å². The minimum Gasteiger partial charge on any atom is -0.491 e. The molecular formula is C29H37N7O4. The van der Waals surface area contributed by atoms with Crippen LogP contribution in [-0.2, 0) is 23.2 Å². The number of aromatic nitrogens is 5. The highest BCUT2D eigenvalue weighted by atomic mass is 16.5. The van der Waals surface area contributed by atoms with Crippen molar-refractivity contribution in [1.82, 2.24) is 29.4 Å². The number of pyridine rings is 1. The molecule has 4 aromatic rings. The first-order valence-corrected chi connectivity index (χ1v) is 13.6. The highest BCUT2D eigenvalue weighted by molar-refractivity contribution is 5.78. The number of aryl methyl sites for hydroxylation is 1. The van der Waals surface area contributed by atoms with Crippen molar-refractivity contribution < 1.29 is 19.4 Å². The SMILES string of the molecule is CC.CC1CN(c2ncc(-c3ccc4nc(COCCOc5ccccc5)n(C)c4n3)cn2)CCN1C(=O)CO. The predicted molar refractivity (Wildman–Crippen MR) is 153 cm³/mol. The molecule has 0 aliphatic carbocycles. The lowest BCUT2D eigenvalue weighted by atomic mass is 10.2. The van der Waals surface area contributed by atoms with Crippen LogP contribution in [0.1, 0.15) is 26.6 Å². The fourth-order valence-corrected chi connectivity index (χ4v) is 4.52. The van der Waals surface area contributed by atoms with Gasteiger partial charge < -0.3 is 28.9 Å². The molecule has 1 saturated heterocycles. The molecule has 3 aromatic heterocycles. The van der Waals surface area contributed by atoms with Gasteiger partial charge in [0.1, 0.15) is 36.9 Å². The van der Waals surface area contributed by atoms with Crippen LogP contribution in [0.15, 0.2) is 54.9 Å². The molecular weight excluding hydrogens is 510 g/mol. The summed E-state index contributed by atoms with van der Waals surface area (Å²) in [6, 6.07) is 13.5. The Morgan fingerprint density at radius 3 is 2.48 bits per heavy atom. The van der Waals surface area contributed by atoms with Crippen molar-refractivity contribution in [2.24, 2.45) is 7.05 Å². The monoisotopic (exact) mass is 547 g/mol. The van der Waals surface area contributed by atoms with E-state index in [1.54, 1.807) is 17.3 Å². The third-order valence-electron chi connectivity index (χ3n) is 6.58. The van der Waals surface area contributed by atoms with Gasteiger partial charge >= 0.3 is 0 Å². The van der Waals surface area contributed by atoms with Gasteiger partial charge in [-0.05, 0) is 31.2 Å². The van der Waals surface area contributed by atoms with Crippen molar-refractivity contribution in [3.8, 4) is 17.0 Å². The molecule has 40 heavy (non-hydrogen) atoms. The van der Waals surface area contributed by atoms with Crippen LogP contribution in [0.2, 0.25) is 0 Å². The van der Waals surface area contributed by atoms with Gasteiger partial charge in [-0.3, -0.25) is 4.79 Å². The number of anilines is 1. The van der Waals surface area contributed by atoms with Gasteiger partial charge in [-0.1, -0.05) is 32.0 Å². The van der Waals surface area contributed by atoms with Gasteiger partial charge in [0.25, 0.3) is 0 Å². The number of para-hydroxylation sites is 1. The molecule has 4 heterocycles. The van der Waals surface area contributed by atoms with Crippen LogP contribution >= 0.6 is 0 Å². The first-order valence-electron chi connectivity index (χ1n) is 13.6. The van der Waals surface area contributed by atoms with Crippen LogP contribution in [0, 0.1) is 0 Å². The van der Waals surface area contributed by atoms with Crippen LogP contribution < -0.4 is 9.64 Å². The number of benzene rings is 1. The second-order valence-electron chi connectivity index (χ2n) is 9.15. The third-order valence-corrected chi connectivity index (χ3v) is 6.58. The lowest BCUT2D eigenvalue weighted by Crippen LogP contribution is -2.55. The lowest BCUT2D eigenvalue weighted by Gasteiger charge is -2.39. The maximum absolute atomic E-state index is 11.9. The number of aliphatic hydroxyl groups excluding tert-OH is 1. The van der Waals surface area contributed by atoms with Gasteiger partial charge in [0.15, 0.2) is 5.65 Å². The van der Waals surface area contributed by atoms with Crippen molar-refractivity contribution in [3.63, 3.8) is 0 Å². The number of aliphatic hydroxyl groups is 1. The Hall–Kier alpha value is -4.09. The lowest BCUT2D eigenvalue weighted by molar-refractivity contribution is -0.136. The average Bonchev–Trinajstić information content (AvgIpc) is 3.32. The highest BCUT2D eigenvalue weighted by Crippen LogP contribution is 2.22. The van der Waals surface area contributed by atoms with E-state index in [-0.39, 0.29) is 11.9 Å². The summed E-state index contributed by atoms with van der Waals surface area (Å²) in [5, 5.41) is 9.15. The minimum atomic E-state index is -0.470. The van der Waals surface area contributed by atoms with Gasteiger partial charge in [-0.15, -0.1) is 0 Å². The number of amides is 1. The van der Waals surface area contributed by atoms with Gasteiger partial charge in [0.2, 0.25) is 11.9 Å². The first kappa shape index (κ1) is 28.9. The summed E-state index contributed by atoms with van der Waals surface area (Å²) in [6.07, 6.45) is 3.53. The number of hydrogen-bond acceptors (Lipinski definition) is 9. The summed E-state index contributed by atoms with van der Waals surface area (Å²) in [7, 11) is 1.92. The van der Waals surface area contributed by atoms with E-state index in [1.807, 2.05) is 79.8 Å². The van der Waals surface area contributed by atoms with E-state index in [0.717, 1.165) is 34.0 Å². The maximum Gasteiger partial charge on any atom is 0.248 e. The Kier molecular flexibility index (Phi) is 9.98. The Bertz CT molecular complexity index is 1380. The molecule has 212 valence electrons. The fourth-order valence-electron chi connectivity index (χ4n) is 4.52. The summed E-state index contributed by atoms with van der Waals surface area (Å²) in [5.74, 6) is 1.95. The standard InChI is InChI=1S/C27H31N7O4.C2H6/c1-19-16-33(10-11-34(19)25(36)17-35)27-28-14-20(15-29-27)22-8-9-23-26(31-22)32(2)24(30-23)18-37-12-13-38-21-6-4-3-5-7-21;1-2/h3-9,14-15,19,35H,10-13,16-18H2,1-2H3;1-2H3. The number of imidazole rings is 1. The molecule has 0 saturated carbocycles. The highest BCUT2D eigenvalue weighted by Gasteiger charge is 2.28. The van der Waals surface area contributed by atoms with Crippen molar-refractivity contribution in [2.75, 3.05) is 44.4 Å². The Morgan fingerprint density at radius 1 is 1.02 bits per heavy atom. The Labute approximate surface area is 234 Å². The zero-order valence-electron chi connectivity index (χ0n) is 23.5. The molecule has 11 heteroatoms. The van der Waals surface area contributed by atoms with Gasteiger partial charge in [0, 0.05) is 50.7 Å². The number of carbonyl (C=O) groups is 1. The van der Waals surface area contributed by atoms with E-state index < -0.39 is 6.61 Å². The number of hydrogen-bond donors (Lipinski definition) is 1. The maximum atomic E-state index is 11.9. The molecule has 1 aromatic carbocycles. The van der Waals surface area contributed by atoms with E-state index >= 15 is 0 Å². The molecule has 5 rings (SSSR count). The Balaban J connectivity index is 0.00000181. The van der Waals surface area contributed by atoms with Crippen LogP contribution in [0.4, 0.5) is 5.95 Å². The molecule has 1 atom stereocenters. The Morgan fingerprint density at radius 2 is 1.77 bits per heavy atom. The largest absolute Gasteiger partial charge is 0.491 e. The zero-order chi connectivity index (χ0) is 28.5. The minimum absolute atomic E-state index is 0.0323. The van der Waals surface area contributed by atoms with E-state index in [1.165, 1.54) is 0 Å². The average molecular weight is 548 g/mol. The number of fused-ring (bicyclic) bond motifs is 1. The molecule has 1 amide bonds. The molecule has 1 aliphatic rings. The molecule has 0 spiro atoms. The summed E-state index contributed by atoms with van der Waals surface area (Å²) >= 11 is 0. The van der Waals surface area contributed by atoms with Crippen molar-refractivity contribution in [2.45, 2.75) is 33.4 Å². The summed E-state index contributed by atoms with van der Waals surface area (Å²) < 4.78 is 13.4. The second kappa shape index (κ2) is 13.8. The van der Waals surface area contributed by atoms with Crippen molar-refractivity contribution in [3.05, 3.63) is 60.7 Å². The van der Waals surface area contributed by atoms with Crippen molar-refractivity contribution in [1.29, 1.82) is 0 Å². The number of nitrogens with zero attached hydrogens (tertiary/aromatic N) is 7. The van der Waals surface area contributed by atoms with Crippen LogP contribution in [-0.4, -0.2) is 85.9 Å². The van der Waals surface area contributed by atoms with Crippen molar-refractivity contribution >= 4 is 23.0 Å². The molecule has 1 fully saturated rings. The number of ether oxygens (including phenoxy) is 2. The number of rotatable bonds is 9. The third kappa shape index (κ3) is 6.72. The fraction of sp³-hybridized carbons (Fsp3) is 0.414. The predicted octanol–water partition coefficient (Wildman–Crippen LogP) is 3.08. The molecule has 0 bridgehead atoms. The van der Waals surface area contributed by atoms with E-state index in [0.29, 0.717) is 45.4 Å². The smallest absolute Gasteiger partial charge is 0.248 e. The van der Waals surface area contributed by atoms with Crippen LogP contribution in [0.25, 0.3) is 22.4 Å². The molecule has 11 nitrogen and oxygen atoms in total. The number of carbonyl (C=O) groups excluding carboxylic acids is 1. The van der Waals surface area contributed by atoms with Gasteiger partial charge in [-0.25, -0.2) is 19.9 Å². The van der Waals surface area contributed by atoms with E-state index in [9.17, 15) is 4.79 Å². The normalized spacial score (nSPS) is 15.1. The second-order valence-corrected chi connectivity index (χ2v) is 9.15. The molecule has 1 N–H and O–H groups in total. The topological polar surface area (TPSA) is 119 Å².